The molecular formula is C30H35N5. The standard InChI is InChI=1S/C30H35N5/c1-2-17-31-21-23-13-15-24(16-14-23)22-35(27-12-6-10-25-11-7-18-32-28(25)27)29(30-33-19-20-34-30)26-8-4-3-5-9-26/h2-5,7-8,11,13-16,18-20,26-27,29,31H,1,6,9-10,12,17,21-22H2,(H,33,34). The van der Waals surface area contributed by atoms with Gasteiger partial charge in [-0.3, -0.25) is 9.88 Å². The van der Waals surface area contributed by atoms with Crippen molar-refractivity contribution in [1.82, 2.24) is 25.2 Å². The van der Waals surface area contributed by atoms with Crippen molar-refractivity contribution >= 4 is 0 Å². The first-order valence-corrected chi connectivity index (χ1v) is 12.7. The summed E-state index contributed by atoms with van der Waals surface area (Å²) < 4.78 is 0. The summed E-state index contributed by atoms with van der Waals surface area (Å²) in [5.41, 5.74) is 5.22. The summed E-state index contributed by atoms with van der Waals surface area (Å²) >= 11 is 0. The number of benzene rings is 1. The summed E-state index contributed by atoms with van der Waals surface area (Å²) in [6, 6.07) is 13.7. The average Bonchev–Trinajstić information content (AvgIpc) is 3.44. The molecule has 0 saturated heterocycles. The Balaban J connectivity index is 1.50. The zero-order valence-electron chi connectivity index (χ0n) is 20.3. The first-order valence-electron chi connectivity index (χ1n) is 12.7. The molecule has 2 aliphatic carbocycles. The van der Waals surface area contributed by atoms with E-state index in [-0.39, 0.29) is 12.1 Å². The van der Waals surface area contributed by atoms with Crippen molar-refractivity contribution < 1.29 is 0 Å². The van der Waals surface area contributed by atoms with E-state index in [9.17, 15) is 0 Å². The monoisotopic (exact) mass is 465 g/mol. The number of H-pyrrole nitrogens is 1. The Morgan fingerprint density at radius 1 is 1.11 bits per heavy atom. The van der Waals surface area contributed by atoms with E-state index in [1.54, 1.807) is 0 Å². The average molecular weight is 466 g/mol. The lowest BCUT2D eigenvalue weighted by atomic mass is 9.85. The fourth-order valence-electron chi connectivity index (χ4n) is 5.48. The molecular weight excluding hydrogens is 430 g/mol. The Morgan fingerprint density at radius 3 is 2.77 bits per heavy atom. The molecule has 180 valence electrons. The molecule has 0 bridgehead atoms. The lowest BCUT2D eigenvalue weighted by molar-refractivity contribution is 0.0760. The molecule has 1 aromatic carbocycles. The number of aromatic nitrogens is 3. The fourth-order valence-corrected chi connectivity index (χ4v) is 5.48. The van der Waals surface area contributed by atoms with Gasteiger partial charge in [-0.25, -0.2) is 4.98 Å². The first-order chi connectivity index (χ1) is 17.3. The maximum Gasteiger partial charge on any atom is 0.124 e. The molecule has 3 atom stereocenters. The highest BCUT2D eigenvalue weighted by Gasteiger charge is 2.37. The van der Waals surface area contributed by atoms with E-state index in [1.165, 1.54) is 28.8 Å². The normalized spacial score (nSPS) is 20.0. The molecule has 5 heteroatoms. The summed E-state index contributed by atoms with van der Waals surface area (Å²) in [6.45, 7) is 6.30. The Morgan fingerprint density at radius 2 is 2.00 bits per heavy atom. The number of hydrogen-bond acceptors (Lipinski definition) is 4. The molecule has 0 fully saturated rings. The zero-order chi connectivity index (χ0) is 23.9. The number of hydrogen-bond donors (Lipinski definition) is 2. The molecule has 0 spiro atoms. The molecule has 2 aliphatic rings. The Kier molecular flexibility index (Phi) is 7.66. The van der Waals surface area contributed by atoms with Crippen LogP contribution in [0.15, 0.2) is 91.9 Å². The van der Waals surface area contributed by atoms with Crippen LogP contribution in [0.1, 0.15) is 59.6 Å². The predicted octanol–water partition coefficient (Wildman–Crippen LogP) is 5.83. The van der Waals surface area contributed by atoms with Crippen molar-refractivity contribution in [2.75, 3.05) is 6.54 Å². The van der Waals surface area contributed by atoms with Crippen molar-refractivity contribution in [2.45, 2.75) is 50.9 Å². The second kappa shape index (κ2) is 11.4. The summed E-state index contributed by atoms with van der Waals surface area (Å²) in [5, 5.41) is 3.39. The molecule has 0 radical (unpaired) electrons. The van der Waals surface area contributed by atoms with E-state index in [0.717, 1.165) is 44.7 Å². The molecule has 2 N–H and O–H groups in total. The molecule has 3 unspecified atom stereocenters. The molecule has 0 aliphatic heterocycles. The van der Waals surface area contributed by atoms with E-state index in [1.807, 2.05) is 24.7 Å². The second-order valence-electron chi connectivity index (χ2n) is 9.50. The van der Waals surface area contributed by atoms with Gasteiger partial charge in [0, 0.05) is 44.1 Å². The minimum Gasteiger partial charge on any atom is -0.347 e. The molecule has 35 heavy (non-hydrogen) atoms. The largest absolute Gasteiger partial charge is 0.347 e. The zero-order valence-corrected chi connectivity index (χ0v) is 20.3. The number of allylic oxidation sites excluding steroid dienone is 3. The van der Waals surface area contributed by atoms with Gasteiger partial charge in [-0.2, -0.15) is 0 Å². The van der Waals surface area contributed by atoms with Gasteiger partial charge in [0.2, 0.25) is 0 Å². The van der Waals surface area contributed by atoms with Gasteiger partial charge in [-0.1, -0.05) is 60.7 Å². The number of nitrogens with one attached hydrogen (secondary N) is 2. The van der Waals surface area contributed by atoms with Gasteiger partial charge in [0.1, 0.15) is 5.82 Å². The lowest BCUT2D eigenvalue weighted by Gasteiger charge is -2.42. The Labute approximate surface area is 208 Å². The van der Waals surface area contributed by atoms with Crippen molar-refractivity contribution in [3.8, 4) is 0 Å². The maximum atomic E-state index is 4.91. The van der Waals surface area contributed by atoms with Crippen LogP contribution in [-0.4, -0.2) is 26.4 Å². The van der Waals surface area contributed by atoms with E-state index in [2.05, 4.69) is 82.5 Å². The summed E-state index contributed by atoms with van der Waals surface area (Å²) in [4.78, 5) is 15.8. The second-order valence-corrected chi connectivity index (χ2v) is 9.50. The number of aromatic amines is 1. The van der Waals surface area contributed by atoms with Crippen molar-refractivity contribution in [2.24, 2.45) is 5.92 Å². The minimum absolute atomic E-state index is 0.137. The van der Waals surface area contributed by atoms with Crippen LogP contribution in [0, 0.1) is 5.92 Å². The summed E-state index contributed by atoms with van der Waals surface area (Å²) in [6.07, 6.45) is 21.0. The van der Waals surface area contributed by atoms with Gasteiger partial charge in [0.25, 0.3) is 0 Å². The molecule has 0 saturated carbocycles. The van der Waals surface area contributed by atoms with Crippen LogP contribution in [-0.2, 0) is 19.5 Å². The smallest absolute Gasteiger partial charge is 0.124 e. The summed E-state index contributed by atoms with van der Waals surface area (Å²) in [5.74, 6) is 1.38. The Bertz CT molecular complexity index is 1150. The lowest BCUT2D eigenvalue weighted by Crippen LogP contribution is -2.38. The number of fused-ring (bicyclic) bond motifs is 1. The van der Waals surface area contributed by atoms with Crippen LogP contribution >= 0.6 is 0 Å². The number of imidazole rings is 1. The fraction of sp³-hybridized carbons (Fsp3) is 0.333. The quantitative estimate of drug-likeness (QED) is 0.292. The maximum absolute atomic E-state index is 4.91. The van der Waals surface area contributed by atoms with Crippen LogP contribution < -0.4 is 5.32 Å². The third-order valence-electron chi connectivity index (χ3n) is 7.15. The topological polar surface area (TPSA) is 56.8 Å². The van der Waals surface area contributed by atoms with Crippen molar-refractivity contribution in [3.63, 3.8) is 0 Å². The SMILES string of the molecule is C=CCNCc1ccc(CN(C2CCCc3cccnc32)C(c2ncc[nH]2)C2C=CC=CC2)cc1. The van der Waals surface area contributed by atoms with E-state index >= 15 is 0 Å². The van der Waals surface area contributed by atoms with E-state index in [4.69, 9.17) is 9.97 Å². The van der Waals surface area contributed by atoms with Gasteiger partial charge in [-0.15, -0.1) is 6.58 Å². The van der Waals surface area contributed by atoms with Crippen LogP contribution in [0.2, 0.25) is 0 Å². The van der Waals surface area contributed by atoms with Gasteiger partial charge in [-0.05, 0) is 48.4 Å². The molecule has 3 aromatic rings. The number of nitrogens with zero attached hydrogens (tertiary/aromatic N) is 3. The highest BCUT2D eigenvalue weighted by molar-refractivity contribution is 5.28. The minimum atomic E-state index is 0.137. The van der Waals surface area contributed by atoms with Crippen molar-refractivity contribution in [3.05, 3.63) is 120 Å². The predicted molar refractivity (Wildman–Crippen MR) is 142 cm³/mol. The molecule has 2 heterocycles. The Hall–Kier alpha value is -3.28. The number of aryl methyl sites for hydroxylation is 1. The van der Waals surface area contributed by atoms with Crippen LogP contribution in [0.3, 0.4) is 0 Å². The highest BCUT2D eigenvalue weighted by Crippen LogP contribution is 2.42. The van der Waals surface area contributed by atoms with Crippen LogP contribution in [0.4, 0.5) is 0 Å². The van der Waals surface area contributed by atoms with Crippen LogP contribution in [0.5, 0.6) is 0 Å². The van der Waals surface area contributed by atoms with Gasteiger partial charge < -0.3 is 10.3 Å². The molecule has 0 amide bonds. The number of rotatable bonds is 10. The highest BCUT2D eigenvalue weighted by atomic mass is 15.2. The summed E-state index contributed by atoms with van der Waals surface area (Å²) in [7, 11) is 0. The molecule has 5 nitrogen and oxygen atoms in total. The van der Waals surface area contributed by atoms with E-state index in [0.29, 0.717) is 5.92 Å². The van der Waals surface area contributed by atoms with Gasteiger partial charge in [0.05, 0.1) is 17.8 Å². The third-order valence-corrected chi connectivity index (χ3v) is 7.15. The first kappa shape index (κ1) is 23.5. The molecule has 2 aromatic heterocycles. The van der Waals surface area contributed by atoms with Crippen LogP contribution in [0.25, 0.3) is 0 Å². The number of pyridine rings is 1. The van der Waals surface area contributed by atoms with Gasteiger partial charge in [0.15, 0.2) is 0 Å². The van der Waals surface area contributed by atoms with Gasteiger partial charge >= 0.3 is 0 Å². The third kappa shape index (κ3) is 5.53. The molecule has 5 rings (SSSR count). The van der Waals surface area contributed by atoms with E-state index < -0.39 is 0 Å². The van der Waals surface area contributed by atoms with Crippen molar-refractivity contribution in [1.29, 1.82) is 0 Å².